The molecule has 1 heterocycles. The highest BCUT2D eigenvalue weighted by atomic mass is 79.9. The van der Waals surface area contributed by atoms with Gasteiger partial charge in [-0.05, 0) is 49.4 Å². The van der Waals surface area contributed by atoms with Gasteiger partial charge in [0.05, 0.1) is 0 Å². The normalized spacial score (nSPS) is 17.8. The molecule has 0 aliphatic carbocycles. The third-order valence-electron chi connectivity index (χ3n) is 5.11. The van der Waals surface area contributed by atoms with Gasteiger partial charge >= 0.3 is 6.03 Å². The minimum absolute atomic E-state index is 0.396. The summed E-state index contributed by atoms with van der Waals surface area (Å²) in [6.45, 7) is 1.23. The molecule has 0 spiro atoms. The number of carbonyl (C=O) groups excluding carboxylic acids is 3. The Balaban J connectivity index is 1.40. The first-order valence-electron chi connectivity index (χ1n) is 9.89. The van der Waals surface area contributed by atoms with Gasteiger partial charge in [0.1, 0.15) is 23.6 Å². The van der Waals surface area contributed by atoms with Crippen molar-refractivity contribution in [2.45, 2.75) is 12.5 Å². The predicted molar refractivity (Wildman–Crippen MR) is 123 cm³/mol. The predicted octanol–water partition coefficient (Wildman–Crippen LogP) is 4.65. The number of ether oxygens (including phenoxy) is 1. The zero-order chi connectivity index (χ0) is 22.7. The third-order valence-corrected chi connectivity index (χ3v) is 5.80. The number of halogens is 1. The number of carbonyl (C=O) groups is 3. The Labute approximate surface area is 193 Å². The Bertz CT molecular complexity index is 1170. The Morgan fingerprint density at radius 1 is 0.969 bits per heavy atom. The maximum Gasteiger partial charge on any atom is 0.325 e. The summed E-state index contributed by atoms with van der Waals surface area (Å²) in [6.07, 6.45) is 0. The quantitative estimate of drug-likeness (QED) is 0.489. The topological polar surface area (TPSA) is 87.7 Å². The van der Waals surface area contributed by atoms with Crippen LogP contribution >= 0.6 is 15.9 Å². The average molecular weight is 494 g/mol. The van der Waals surface area contributed by atoms with Crippen molar-refractivity contribution in [1.29, 1.82) is 0 Å². The highest BCUT2D eigenvalue weighted by Gasteiger charge is 2.50. The van der Waals surface area contributed by atoms with Gasteiger partial charge in [0.25, 0.3) is 5.91 Å². The first-order chi connectivity index (χ1) is 15.4. The molecule has 1 aliphatic rings. The van der Waals surface area contributed by atoms with Crippen LogP contribution in [0.15, 0.2) is 83.3 Å². The molecule has 0 radical (unpaired) electrons. The van der Waals surface area contributed by atoms with Crippen LogP contribution < -0.4 is 15.4 Å². The number of benzene rings is 3. The third kappa shape index (κ3) is 4.36. The molecular weight excluding hydrogens is 474 g/mol. The van der Waals surface area contributed by atoms with Gasteiger partial charge in [-0.3, -0.25) is 14.5 Å². The number of hydrogen-bond acceptors (Lipinski definition) is 4. The van der Waals surface area contributed by atoms with Gasteiger partial charge in [0.15, 0.2) is 0 Å². The molecule has 32 heavy (non-hydrogen) atoms. The first kappa shape index (κ1) is 21.6. The Morgan fingerprint density at radius 2 is 1.59 bits per heavy atom. The van der Waals surface area contributed by atoms with E-state index in [1.807, 2.05) is 36.4 Å². The van der Waals surface area contributed by atoms with Gasteiger partial charge in [-0.2, -0.15) is 0 Å². The fourth-order valence-electron chi connectivity index (χ4n) is 3.46. The number of rotatable bonds is 6. The molecule has 3 aromatic carbocycles. The number of anilines is 1. The van der Waals surface area contributed by atoms with E-state index in [1.54, 1.807) is 49.4 Å². The van der Waals surface area contributed by atoms with Crippen molar-refractivity contribution in [3.63, 3.8) is 0 Å². The number of hydrogen-bond donors (Lipinski definition) is 2. The lowest BCUT2D eigenvalue weighted by Gasteiger charge is -2.23. The summed E-state index contributed by atoms with van der Waals surface area (Å²) in [4.78, 5) is 38.9. The van der Waals surface area contributed by atoms with E-state index < -0.39 is 29.9 Å². The van der Waals surface area contributed by atoms with Crippen molar-refractivity contribution in [2.24, 2.45) is 0 Å². The Kier molecular flexibility index (Phi) is 5.96. The molecule has 0 saturated carbocycles. The first-order valence-corrected chi connectivity index (χ1v) is 10.7. The number of amides is 4. The summed E-state index contributed by atoms with van der Waals surface area (Å²) < 4.78 is 6.42. The van der Waals surface area contributed by atoms with Gasteiger partial charge < -0.3 is 15.4 Å². The minimum Gasteiger partial charge on any atom is -0.457 e. The monoisotopic (exact) mass is 493 g/mol. The van der Waals surface area contributed by atoms with Gasteiger partial charge in [-0.15, -0.1) is 0 Å². The average Bonchev–Trinajstić information content (AvgIpc) is 3.00. The van der Waals surface area contributed by atoms with Gasteiger partial charge in [-0.1, -0.05) is 52.3 Å². The molecule has 7 nitrogen and oxygen atoms in total. The summed E-state index contributed by atoms with van der Waals surface area (Å²) in [5, 5.41) is 5.40. The number of urea groups is 1. The SMILES string of the molecule is C[C@]1(c2ccccc2Br)NC(=O)N(CC(=O)Nc2ccc(Oc3ccccc3)cc2)C1=O. The van der Waals surface area contributed by atoms with Gasteiger partial charge in [0.2, 0.25) is 5.91 Å². The van der Waals surface area contributed by atoms with E-state index in [-0.39, 0.29) is 0 Å². The number of imide groups is 1. The molecule has 4 amide bonds. The molecule has 0 bridgehead atoms. The molecule has 0 unspecified atom stereocenters. The van der Waals surface area contributed by atoms with Crippen LogP contribution in [0.25, 0.3) is 0 Å². The lowest BCUT2D eigenvalue weighted by molar-refractivity contribution is -0.133. The van der Waals surface area contributed by atoms with Gasteiger partial charge in [0, 0.05) is 15.7 Å². The van der Waals surface area contributed by atoms with Crippen LogP contribution in [0.1, 0.15) is 12.5 Å². The van der Waals surface area contributed by atoms with Crippen molar-refractivity contribution in [3.8, 4) is 11.5 Å². The lowest BCUT2D eigenvalue weighted by atomic mass is 9.92. The maximum absolute atomic E-state index is 13.0. The van der Waals surface area contributed by atoms with E-state index in [4.69, 9.17) is 4.74 Å². The van der Waals surface area contributed by atoms with Crippen molar-refractivity contribution < 1.29 is 19.1 Å². The van der Waals surface area contributed by atoms with E-state index in [9.17, 15) is 14.4 Å². The number of nitrogens with zero attached hydrogens (tertiary/aromatic N) is 1. The largest absolute Gasteiger partial charge is 0.457 e. The van der Waals surface area contributed by atoms with Crippen molar-refractivity contribution in [2.75, 3.05) is 11.9 Å². The van der Waals surface area contributed by atoms with E-state index in [1.165, 1.54) is 0 Å². The number of nitrogens with one attached hydrogen (secondary N) is 2. The molecule has 162 valence electrons. The fraction of sp³-hybridized carbons (Fsp3) is 0.125. The van der Waals surface area contributed by atoms with E-state index >= 15 is 0 Å². The highest BCUT2D eigenvalue weighted by Crippen LogP contribution is 2.33. The number of para-hydroxylation sites is 1. The van der Waals surface area contributed by atoms with E-state index in [2.05, 4.69) is 26.6 Å². The summed E-state index contributed by atoms with van der Waals surface area (Å²) in [5.74, 6) is 0.348. The molecule has 0 aromatic heterocycles. The molecule has 1 aliphatic heterocycles. The Hall–Kier alpha value is -3.65. The molecular formula is C24H20BrN3O4. The minimum atomic E-state index is -1.26. The zero-order valence-electron chi connectivity index (χ0n) is 17.2. The van der Waals surface area contributed by atoms with Crippen LogP contribution in [0.4, 0.5) is 10.5 Å². The van der Waals surface area contributed by atoms with Crippen molar-refractivity contribution in [1.82, 2.24) is 10.2 Å². The van der Waals surface area contributed by atoms with E-state index in [0.29, 0.717) is 27.2 Å². The molecule has 1 atom stereocenters. The molecule has 1 saturated heterocycles. The highest BCUT2D eigenvalue weighted by molar-refractivity contribution is 9.10. The van der Waals surface area contributed by atoms with Gasteiger partial charge in [-0.25, -0.2) is 4.79 Å². The summed E-state index contributed by atoms with van der Waals surface area (Å²) >= 11 is 3.42. The van der Waals surface area contributed by atoms with Crippen LogP contribution in [-0.4, -0.2) is 29.3 Å². The standard InChI is InChI=1S/C24H20BrN3O4/c1-24(19-9-5-6-10-20(19)25)22(30)28(23(31)27-24)15-21(29)26-16-11-13-18(14-12-16)32-17-7-3-2-4-8-17/h2-14H,15H2,1H3,(H,26,29)(H,27,31)/t24-/m1/s1. The summed E-state index contributed by atoms with van der Waals surface area (Å²) in [7, 11) is 0. The fourth-order valence-corrected chi connectivity index (χ4v) is 4.15. The van der Waals surface area contributed by atoms with Crippen LogP contribution in [0.3, 0.4) is 0 Å². The van der Waals surface area contributed by atoms with Crippen LogP contribution in [0.2, 0.25) is 0 Å². The second-order valence-electron chi connectivity index (χ2n) is 7.41. The second kappa shape index (κ2) is 8.84. The Morgan fingerprint density at radius 3 is 2.28 bits per heavy atom. The molecule has 1 fully saturated rings. The molecule has 4 rings (SSSR count). The molecule has 2 N–H and O–H groups in total. The smallest absolute Gasteiger partial charge is 0.325 e. The zero-order valence-corrected chi connectivity index (χ0v) is 18.8. The van der Waals surface area contributed by atoms with Crippen LogP contribution in [0.5, 0.6) is 11.5 Å². The second-order valence-corrected chi connectivity index (χ2v) is 8.27. The molecule has 3 aromatic rings. The van der Waals surface area contributed by atoms with Crippen LogP contribution in [-0.2, 0) is 15.1 Å². The van der Waals surface area contributed by atoms with E-state index in [0.717, 1.165) is 4.90 Å². The lowest BCUT2D eigenvalue weighted by Crippen LogP contribution is -2.42. The van der Waals surface area contributed by atoms with Crippen LogP contribution in [0, 0.1) is 0 Å². The van der Waals surface area contributed by atoms with Crippen molar-refractivity contribution >= 4 is 39.5 Å². The van der Waals surface area contributed by atoms with Crippen molar-refractivity contribution in [3.05, 3.63) is 88.9 Å². The molecule has 8 heteroatoms. The summed E-state index contributed by atoms with van der Waals surface area (Å²) in [5.41, 5.74) is -0.111. The maximum atomic E-state index is 13.0. The summed E-state index contributed by atoms with van der Waals surface area (Å²) in [6, 6.07) is 22.7.